The summed E-state index contributed by atoms with van der Waals surface area (Å²) in [5, 5.41) is 0. The van der Waals surface area contributed by atoms with Crippen LogP contribution in [-0.2, 0) is 22.7 Å². The lowest BCUT2D eigenvalue weighted by molar-refractivity contribution is -0.0169. The molecule has 0 amide bonds. The SMILES string of the molecule is CC(C)(C)OCc1cc(I)c(COC(C)(C)C)cc1I. The third-order valence-electron chi connectivity index (χ3n) is 2.54. The van der Waals surface area contributed by atoms with Gasteiger partial charge < -0.3 is 9.47 Å². The molecular weight excluding hydrogens is 478 g/mol. The van der Waals surface area contributed by atoms with Gasteiger partial charge >= 0.3 is 0 Å². The van der Waals surface area contributed by atoms with Crippen LogP contribution in [0.15, 0.2) is 12.1 Å². The van der Waals surface area contributed by atoms with E-state index in [-0.39, 0.29) is 11.2 Å². The molecule has 0 aliphatic rings. The van der Waals surface area contributed by atoms with Crippen LogP contribution in [0.1, 0.15) is 52.7 Å². The van der Waals surface area contributed by atoms with Gasteiger partial charge in [0.1, 0.15) is 0 Å². The molecule has 4 heteroatoms. The maximum absolute atomic E-state index is 5.87. The zero-order valence-electron chi connectivity index (χ0n) is 13.1. The van der Waals surface area contributed by atoms with E-state index in [4.69, 9.17) is 9.47 Å². The lowest BCUT2D eigenvalue weighted by Gasteiger charge is -2.22. The summed E-state index contributed by atoms with van der Waals surface area (Å²) in [6.45, 7) is 13.8. The molecule has 0 saturated heterocycles. The zero-order valence-corrected chi connectivity index (χ0v) is 17.5. The summed E-state index contributed by atoms with van der Waals surface area (Å²) in [4.78, 5) is 0. The van der Waals surface area contributed by atoms with E-state index in [1.165, 1.54) is 18.3 Å². The summed E-state index contributed by atoms with van der Waals surface area (Å²) >= 11 is 4.75. The van der Waals surface area contributed by atoms with Crippen LogP contribution in [0.5, 0.6) is 0 Å². The number of benzene rings is 1. The van der Waals surface area contributed by atoms with Gasteiger partial charge in [0.05, 0.1) is 24.4 Å². The molecule has 0 aliphatic heterocycles. The van der Waals surface area contributed by atoms with Crippen molar-refractivity contribution in [2.75, 3.05) is 0 Å². The first-order chi connectivity index (χ1) is 8.98. The van der Waals surface area contributed by atoms with Gasteiger partial charge in [-0.1, -0.05) is 0 Å². The second kappa shape index (κ2) is 7.24. The standard InChI is InChI=1S/C16H24I2O2/c1-15(2,3)19-9-11-7-14(18)12(8-13(11)17)10-20-16(4,5)6/h7-8H,9-10H2,1-6H3. The lowest BCUT2D eigenvalue weighted by Crippen LogP contribution is -2.20. The van der Waals surface area contributed by atoms with Gasteiger partial charge in [-0.25, -0.2) is 0 Å². The molecule has 2 nitrogen and oxygen atoms in total. The van der Waals surface area contributed by atoms with Crippen LogP contribution in [0.3, 0.4) is 0 Å². The highest BCUT2D eigenvalue weighted by Crippen LogP contribution is 2.24. The molecule has 0 N–H and O–H groups in total. The first-order valence-electron chi connectivity index (χ1n) is 6.73. The van der Waals surface area contributed by atoms with Gasteiger partial charge in [0, 0.05) is 7.14 Å². The summed E-state index contributed by atoms with van der Waals surface area (Å²) in [6, 6.07) is 4.41. The fourth-order valence-corrected chi connectivity index (χ4v) is 2.81. The van der Waals surface area contributed by atoms with Crippen molar-refractivity contribution in [1.29, 1.82) is 0 Å². The van der Waals surface area contributed by atoms with E-state index < -0.39 is 0 Å². The first kappa shape index (κ1) is 18.6. The van der Waals surface area contributed by atoms with E-state index in [9.17, 15) is 0 Å². The minimum atomic E-state index is -0.109. The Morgan fingerprint density at radius 1 is 0.750 bits per heavy atom. The van der Waals surface area contributed by atoms with E-state index >= 15 is 0 Å². The van der Waals surface area contributed by atoms with Crippen molar-refractivity contribution in [1.82, 2.24) is 0 Å². The summed E-state index contributed by atoms with van der Waals surface area (Å²) in [5.74, 6) is 0. The minimum absolute atomic E-state index is 0.109. The van der Waals surface area contributed by atoms with Gasteiger partial charge in [-0.2, -0.15) is 0 Å². The van der Waals surface area contributed by atoms with Crippen LogP contribution in [-0.4, -0.2) is 11.2 Å². The highest BCUT2D eigenvalue weighted by atomic mass is 127. The molecule has 0 heterocycles. The molecule has 0 spiro atoms. The average Bonchev–Trinajstić information content (AvgIpc) is 2.25. The Morgan fingerprint density at radius 3 is 1.30 bits per heavy atom. The highest BCUT2D eigenvalue weighted by molar-refractivity contribution is 14.1. The molecule has 0 aliphatic carbocycles. The Kier molecular flexibility index (Phi) is 6.75. The number of rotatable bonds is 4. The van der Waals surface area contributed by atoms with E-state index in [0.29, 0.717) is 13.2 Å². The predicted molar refractivity (Wildman–Crippen MR) is 101 cm³/mol. The molecule has 0 fully saturated rings. The van der Waals surface area contributed by atoms with Crippen molar-refractivity contribution < 1.29 is 9.47 Å². The van der Waals surface area contributed by atoms with E-state index in [1.54, 1.807) is 0 Å². The fraction of sp³-hybridized carbons (Fsp3) is 0.625. The van der Waals surface area contributed by atoms with Crippen LogP contribution in [0.25, 0.3) is 0 Å². The molecule has 1 aromatic carbocycles. The van der Waals surface area contributed by atoms with Crippen molar-refractivity contribution in [3.05, 3.63) is 30.4 Å². The third kappa shape index (κ3) is 7.04. The molecule has 0 radical (unpaired) electrons. The van der Waals surface area contributed by atoms with Gasteiger partial charge in [0.2, 0.25) is 0 Å². The highest BCUT2D eigenvalue weighted by Gasteiger charge is 2.15. The number of ether oxygens (including phenoxy) is 2. The summed E-state index contributed by atoms with van der Waals surface area (Å²) in [7, 11) is 0. The maximum atomic E-state index is 5.87. The minimum Gasteiger partial charge on any atom is -0.371 e. The van der Waals surface area contributed by atoms with Gasteiger partial charge in [-0.3, -0.25) is 0 Å². The molecule has 1 aromatic rings. The van der Waals surface area contributed by atoms with Gasteiger partial charge in [0.15, 0.2) is 0 Å². The van der Waals surface area contributed by atoms with Crippen LogP contribution < -0.4 is 0 Å². The van der Waals surface area contributed by atoms with Crippen molar-refractivity contribution in [2.45, 2.75) is 66.0 Å². The molecule has 0 unspecified atom stereocenters. The second-order valence-electron chi connectivity index (χ2n) is 6.84. The van der Waals surface area contributed by atoms with Crippen LogP contribution >= 0.6 is 45.2 Å². The van der Waals surface area contributed by atoms with Crippen molar-refractivity contribution in [2.24, 2.45) is 0 Å². The second-order valence-corrected chi connectivity index (χ2v) is 9.16. The van der Waals surface area contributed by atoms with E-state index in [1.807, 2.05) is 0 Å². The zero-order chi connectivity index (χ0) is 15.6. The van der Waals surface area contributed by atoms with Crippen molar-refractivity contribution in [3.63, 3.8) is 0 Å². The average molecular weight is 502 g/mol. The number of halogens is 2. The Morgan fingerprint density at radius 2 is 1.05 bits per heavy atom. The van der Waals surface area contributed by atoms with Crippen LogP contribution in [0, 0.1) is 7.14 Å². The molecule has 114 valence electrons. The van der Waals surface area contributed by atoms with Crippen LogP contribution in [0.2, 0.25) is 0 Å². The van der Waals surface area contributed by atoms with Gasteiger partial charge in [-0.05, 0) is 110 Å². The maximum Gasteiger partial charge on any atom is 0.0734 e. The predicted octanol–water partition coefficient (Wildman–Crippen LogP) is 5.53. The van der Waals surface area contributed by atoms with E-state index in [0.717, 1.165) is 0 Å². The smallest absolute Gasteiger partial charge is 0.0734 e. The molecular formula is C16H24I2O2. The first-order valence-corrected chi connectivity index (χ1v) is 8.88. The Hall–Kier alpha value is 0.600. The summed E-state index contributed by atoms with van der Waals surface area (Å²) < 4.78 is 14.2. The quantitative estimate of drug-likeness (QED) is 0.505. The molecule has 0 saturated carbocycles. The van der Waals surface area contributed by atoms with Crippen molar-refractivity contribution in [3.8, 4) is 0 Å². The van der Waals surface area contributed by atoms with Crippen LogP contribution in [0.4, 0.5) is 0 Å². The lowest BCUT2D eigenvalue weighted by atomic mass is 10.1. The molecule has 0 atom stereocenters. The molecule has 20 heavy (non-hydrogen) atoms. The molecule has 0 aromatic heterocycles. The Bertz CT molecular complexity index is 413. The third-order valence-corrected chi connectivity index (χ3v) is 4.55. The normalized spacial score (nSPS) is 12.8. The molecule has 0 bridgehead atoms. The largest absolute Gasteiger partial charge is 0.371 e. The Balaban J connectivity index is 2.81. The number of hydrogen-bond acceptors (Lipinski definition) is 2. The van der Waals surface area contributed by atoms with E-state index in [2.05, 4.69) is 98.9 Å². The molecule has 1 rings (SSSR count). The summed E-state index contributed by atoms with van der Waals surface area (Å²) in [5.41, 5.74) is 2.26. The monoisotopic (exact) mass is 502 g/mol. The fourth-order valence-electron chi connectivity index (χ4n) is 1.44. The van der Waals surface area contributed by atoms with Gasteiger partial charge in [-0.15, -0.1) is 0 Å². The topological polar surface area (TPSA) is 18.5 Å². The van der Waals surface area contributed by atoms with Crippen molar-refractivity contribution >= 4 is 45.2 Å². The summed E-state index contributed by atoms with van der Waals surface area (Å²) in [6.07, 6.45) is 0. The Labute approximate surface area is 150 Å². The van der Waals surface area contributed by atoms with Gasteiger partial charge in [0.25, 0.3) is 0 Å². The number of hydrogen-bond donors (Lipinski definition) is 0.